The Morgan fingerprint density at radius 2 is 1.89 bits per heavy atom. The lowest BCUT2D eigenvalue weighted by Gasteiger charge is -2.10. The lowest BCUT2D eigenvalue weighted by molar-refractivity contribution is 0.0690. The first kappa shape index (κ1) is 19.3. The molecule has 8 nitrogen and oxygen atoms in total. The fraction of sp³-hybridized carbons (Fsp3) is 0.235. The zero-order valence-corrected chi connectivity index (χ0v) is 15.7. The molecule has 0 radical (unpaired) electrons. The third-order valence-corrected chi connectivity index (χ3v) is 5.83. The number of nitrogens with one attached hydrogen (secondary N) is 1. The van der Waals surface area contributed by atoms with Crippen molar-refractivity contribution in [2.75, 3.05) is 6.54 Å². The van der Waals surface area contributed by atoms with E-state index in [2.05, 4.69) is 15.0 Å². The summed E-state index contributed by atoms with van der Waals surface area (Å²) in [5, 5.41) is 17.8. The number of carbonyl (C=O) groups is 1. The van der Waals surface area contributed by atoms with Crippen LogP contribution in [0.15, 0.2) is 47.5 Å². The number of unbranched alkanes of at least 4 members (excludes halogenated alkanes) is 1. The van der Waals surface area contributed by atoms with Crippen molar-refractivity contribution in [1.29, 1.82) is 0 Å². The molecule has 1 heterocycles. The number of aromatic carboxylic acids is 1. The van der Waals surface area contributed by atoms with Crippen molar-refractivity contribution in [1.82, 2.24) is 19.7 Å². The van der Waals surface area contributed by atoms with Gasteiger partial charge in [0.25, 0.3) is 0 Å². The molecule has 0 saturated carbocycles. The maximum atomic E-state index is 12.6. The van der Waals surface area contributed by atoms with Crippen molar-refractivity contribution in [3.05, 3.63) is 53.3 Å². The van der Waals surface area contributed by atoms with Gasteiger partial charge in [0.2, 0.25) is 10.0 Å². The zero-order chi connectivity index (χ0) is 19.4. The third-order valence-electron chi connectivity index (χ3n) is 3.98. The van der Waals surface area contributed by atoms with Crippen LogP contribution in [0.2, 0.25) is 5.02 Å². The van der Waals surface area contributed by atoms with Crippen LogP contribution >= 0.6 is 11.6 Å². The maximum Gasteiger partial charge on any atom is 0.358 e. The van der Waals surface area contributed by atoms with Crippen LogP contribution < -0.4 is 4.72 Å². The highest BCUT2D eigenvalue weighted by atomic mass is 35.5. The van der Waals surface area contributed by atoms with E-state index in [1.165, 1.54) is 16.9 Å². The molecule has 0 atom stereocenters. The first-order valence-corrected chi connectivity index (χ1v) is 10.0. The number of hydrogen-bond donors (Lipinski definition) is 2. The minimum absolute atomic E-state index is 0.120. The second kappa shape index (κ2) is 8.03. The number of halogens is 1. The molecule has 3 rings (SSSR count). The van der Waals surface area contributed by atoms with E-state index in [1.807, 2.05) is 0 Å². The number of carboxylic acid groups (broad SMARTS) is 1. The SMILES string of the molecule is O=C(O)c1cn(CCCCNS(=O)(=O)c2ccc(Cl)c3ccccc23)nn1. The number of nitrogens with zero attached hydrogens (tertiary/aromatic N) is 3. The Morgan fingerprint density at radius 3 is 2.59 bits per heavy atom. The lowest BCUT2D eigenvalue weighted by atomic mass is 10.1. The van der Waals surface area contributed by atoms with Gasteiger partial charge >= 0.3 is 5.97 Å². The van der Waals surface area contributed by atoms with Gasteiger partial charge in [-0.1, -0.05) is 41.1 Å². The number of rotatable bonds is 8. The van der Waals surface area contributed by atoms with Crippen molar-refractivity contribution in [3.8, 4) is 0 Å². The second-order valence-corrected chi connectivity index (χ2v) is 8.01. The van der Waals surface area contributed by atoms with E-state index in [9.17, 15) is 13.2 Å². The highest BCUT2D eigenvalue weighted by Crippen LogP contribution is 2.28. The molecule has 0 unspecified atom stereocenters. The summed E-state index contributed by atoms with van der Waals surface area (Å²) >= 11 is 6.14. The fourth-order valence-electron chi connectivity index (χ4n) is 2.66. The van der Waals surface area contributed by atoms with Crippen LogP contribution in [0.5, 0.6) is 0 Å². The van der Waals surface area contributed by atoms with E-state index in [1.54, 1.807) is 30.3 Å². The molecule has 2 N–H and O–H groups in total. The van der Waals surface area contributed by atoms with E-state index in [4.69, 9.17) is 16.7 Å². The van der Waals surface area contributed by atoms with Gasteiger partial charge in [-0.05, 0) is 25.0 Å². The first-order valence-electron chi connectivity index (χ1n) is 8.19. The largest absolute Gasteiger partial charge is 0.476 e. The van der Waals surface area contributed by atoms with Gasteiger partial charge in [-0.2, -0.15) is 0 Å². The summed E-state index contributed by atoms with van der Waals surface area (Å²) < 4.78 is 29.3. The summed E-state index contributed by atoms with van der Waals surface area (Å²) in [7, 11) is -3.68. The number of fused-ring (bicyclic) bond motifs is 1. The molecule has 0 aliphatic rings. The molecule has 0 aliphatic carbocycles. The molecule has 1 aromatic heterocycles. The second-order valence-electron chi connectivity index (χ2n) is 5.87. The topological polar surface area (TPSA) is 114 Å². The van der Waals surface area contributed by atoms with E-state index in [0.717, 1.165) is 0 Å². The molecule has 3 aromatic rings. The minimum atomic E-state index is -3.68. The average molecular weight is 409 g/mol. The van der Waals surface area contributed by atoms with Crippen molar-refractivity contribution in [2.45, 2.75) is 24.3 Å². The van der Waals surface area contributed by atoms with Crippen LogP contribution in [0.3, 0.4) is 0 Å². The van der Waals surface area contributed by atoms with Crippen molar-refractivity contribution < 1.29 is 18.3 Å². The molecule has 0 aliphatic heterocycles. The number of aryl methyl sites for hydroxylation is 1. The monoisotopic (exact) mass is 408 g/mol. The van der Waals surface area contributed by atoms with E-state index in [0.29, 0.717) is 35.2 Å². The number of sulfonamides is 1. The van der Waals surface area contributed by atoms with Crippen molar-refractivity contribution >= 4 is 38.4 Å². The van der Waals surface area contributed by atoms with Crippen LogP contribution in [0.25, 0.3) is 10.8 Å². The molecule has 0 saturated heterocycles. The van der Waals surface area contributed by atoms with Crippen LogP contribution in [0, 0.1) is 0 Å². The van der Waals surface area contributed by atoms with Crippen LogP contribution in [0.4, 0.5) is 0 Å². The number of carboxylic acids is 1. The van der Waals surface area contributed by atoms with E-state index < -0.39 is 16.0 Å². The molecule has 0 amide bonds. The van der Waals surface area contributed by atoms with Crippen molar-refractivity contribution in [3.63, 3.8) is 0 Å². The smallest absolute Gasteiger partial charge is 0.358 e. The Morgan fingerprint density at radius 1 is 1.15 bits per heavy atom. The number of hydrogen-bond acceptors (Lipinski definition) is 5. The normalized spacial score (nSPS) is 11.7. The standard InChI is InChI=1S/C17H17ClN4O4S/c18-14-7-8-16(13-6-2-1-5-12(13)14)27(25,26)19-9-3-4-10-22-11-15(17(23)24)20-21-22/h1-2,5-8,11,19H,3-4,9-10H2,(H,23,24). The molecule has 27 heavy (non-hydrogen) atoms. The highest BCUT2D eigenvalue weighted by Gasteiger charge is 2.17. The Kier molecular flexibility index (Phi) is 5.73. The molecule has 0 spiro atoms. The average Bonchev–Trinajstić information content (AvgIpc) is 3.11. The van der Waals surface area contributed by atoms with Crippen molar-refractivity contribution in [2.24, 2.45) is 0 Å². The molecule has 2 aromatic carbocycles. The Bertz CT molecular complexity index is 1080. The maximum absolute atomic E-state index is 12.6. The number of aromatic nitrogens is 3. The molecule has 0 fully saturated rings. The first-order chi connectivity index (χ1) is 12.9. The van der Waals surface area contributed by atoms with E-state index >= 15 is 0 Å². The summed E-state index contributed by atoms with van der Waals surface area (Å²) in [6.07, 6.45) is 2.52. The van der Waals surface area contributed by atoms with Gasteiger partial charge in [-0.3, -0.25) is 4.68 Å². The predicted molar refractivity (Wildman–Crippen MR) is 100 cm³/mol. The predicted octanol–water partition coefficient (Wildman–Crippen LogP) is 2.54. The van der Waals surface area contributed by atoms with Gasteiger partial charge in [0.15, 0.2) is 5.69 Å². The Hall–Kier alpha value is -2.49. The highest BCUT2D eigenvalue weighted by molar-refractivity contribution is 7.89. The summed E-state index contributed by atoms with van der Waals surface area (Å²) in [6, 6.07) is 10.1. The summed E-state index contributed by atoms with van der Waals surface area (Å²) in [4.78, 5) is 10.9. The Labute approximate surface area is 160 Å². The van der Waals surface area contributed by atoms with E-state index in [-0.39, 0.29) is 17.1 Å². The summed E-state index contributed by atoms with van der Waals surface area (Å²) in [5.74, 6) is -1.13. The summed E-state index contributed by atoms with van der Waals surface area (Å²) in [5.41, 5.74) is -0.120. The molecular formula is C17H17ClN4O4S. The van der Waals surface area contributed by atoms with Gasteiger partial charge < -0.3 is 5.11 Å². The summed E-state index contributed by atoms with van der Waals surface area (Å²) in [6.45, 7) is 0.700. The minimum Gasteiger partial charge on any atom is -0.476 e. The van der Waals surface area contributed by atoms with Crippen LogP contribution in [-0.2, 0) is 16.6 Å². The molecule has 142 valence electrons. The van der Waals surface area contributed by atoms with Gasteiger partial charge in [0.05, 0.1) is 11.1 Å². The van der Waals surface area contributed by atoms with Crippen LogP contribution in [0.1, 0.15) is 23.3 Å². The fourth-order valence-corrected chi connectivity index (χ4v) is 4.17. The zero-order valence-electron chi connectivity index (χ0n) is 14.2. The van der Waals surface area contributed by atoms with Gasteiger partial charge in [-0.25, -0.2) is 17.9 Å². The van der Waals surface area contributed by atoms with Gasteiger partial charge in [0.1, 0.15) is 0 Å². The molecular weight excluding hydrogens is 392 g/mol. The lowest BCUT2D eigenvalue weighted by Crippen LogP contribution is -2.25. The molecule has 10 heteroatoms. The van der Waals surface area contributed by atoms with Gasteiger partial charge in [0, 0.05) is 28.9 Å². The van der Waals surface area contributed by atoms with Crippen LogP contribution in [-0.4, -0.2) is 41.0 Å². The quantitative estimate of drug-likeness (QED) is 0.553. The number of benzene rings is 2. The Balaban J connectivity index is 1.59. The van der Waals surface area contributed by atoms with Gasteiger partial charge in [-0.15, -0.1) is 5.10 Å². The molecule has 0 bridgehead atoms. The third kappa shape index (κ3) is 4.44.